The zero-order chi connectivity index (χ0) is 42.5. The molecule has 0 saturated carbocycles. The van der Waals surface area contributed by atoms with Crippen LogP contribution in [0.3, 0.4) is 0 Å². The number of amides is 1. The van der Waals surface area contributed by atoms with Crippen LogP contribution in [0.1, 0.15) is 22.3 Å². The number of nitrogens with zero attached hydrogens (tertiary/aromatic N) is 4. The van der Waals surface area contributed by atoms with E-state index in [4.69, 9.17) is 11.6 Å². The Balaban J connectivity index is 1.07. The Morgan fingerprint density at radius 1 is 0.850 bits per heavy atom. The predicted octanol–water partition coefficient (Wildman–Crippen LogP) is 6.61. The van der Waals surface area contributed by atoms with Crippen LogP contribution in [-0.4, -0.2) is 110 Å². The Kier molecular flexibility index (Phi) is 16.0. The van der Waals surface area contributed by atoms with Gasteiger partial charge in [-0.05, 0) is 83.8 Å². The standard InChI is InChI=1S/C44H49ClN6O7S2/c45-36-14-10-33(11-15-36)41-9-5-4-6-35(41)31-49-22-24-50(25-23-49)38-16-12-34(13-17-38)44(54)47-60(57,58)40-18-19-42(43(30-40)51(55)56)46-37(20-21-48(26-28-52)27-29-53)32-59-39-7-2-1-3-8-39/h1-19,30,37,46,52-53H,20-29,31-32H2,(H,47,54)/t37-/m1/s1. The van der Waals surface area contributed by atoms with Crippen molar-refractivity contribution in [2.24, 2.45) is 0 Å². The summed E-state index contributed by atoms with van der Waals surface area (Å²) in [5.41, 5.74) is 4.22. The van der Waals surface area contributed by atoms with Crippen LogP contribution in [0.5, 0.6) is 0 Å². The smallest absolute Gasteiger partial charge is 0.293 e. The van der Waals surface area contributed by atoms with E-state index in [0.717, 1.165) is 54.9 Å². The SMILES string of the molecule is O=C(NS(=O)(=O)c1ccc(N[C@H](CCN(CCO)CCO)CSc2ccccc2)c([N+](=O)[O-])c1)c1ccc(N2CCN(Cc3ccccc3-c3ccc(Cl)cc3)CC2)cc1. The van der Waals surface area contributed by atoms with Gasteiger partial charge in [0.2, 0.25) is 0 Å². The maximum absolute atomic E-state index is 13.4. The summed E-state index contributed by atoms with van der Waals surface area (Å²) in [5, 5.41) is 35.1. The van der Waals surface area contributed by atoms with Crippen molar-refractivity contribution in [2.45, 2.75) is 28.8 Å². The van der Waals surface area contributed by atoms with Gasteiger partial charge in [-0.1, -0.05) is 66.2 Å². The molecule has 316 valence electrons. The number of carbonyl (C=O) groups is 1. The Morgan fingerprint density at radius 3 is 2.18 bits per heavy atom. The molecule has 1 amide bonds. The van der Waals surface area contributed by atoms with Gasteiger partial charge in [0.15, 0.2) is 0 Å². The minimum atomic E-state index is -4.49. The third-order valence-electron chi connectivity index (χ3n) is 10.3. The van der Waals surface area contributed by atoms with Crippen LogP contribution in [0.2, 0.25) is 5.02 Å². The van der Waals surface area contributed by atoms with Gasteiger partial charge in [-0.15, -0.1) is 11.8 Å². The number of rotatable bonds is 20. The number of carbonyl (C=O) groups excluding carboxylic acids is 1. The number of nitro benzene ring substituents is 1. The van der Waals surface area contributed by atoms with Gasteiger partial charge in [0.1, 0.15) is 5.69 Å². The van der Waals surface area contributed by atoms with Crippen molar-refractivity contribution in [3.63, 3.8) is 0 Å². The molecule has 4 N–H and O–H groups in total. The fourth-order valence-electron chi connectivity index (χ4n) is 7.08. The third-order valence-corrected chi connectivity index (χ3v) is 13.1. The lowest BCUT2D eigenvalue weighted by Gasteiger charge is -2.36. The van der Waals surface area contributed by atoms with E-state index in [1.54, 1.807) is 36.0 Å². The van der Waals surface area contributed by atoms with Crippen LogP contribution < -0.4 is 14.9 Å². The molecule has 16 heteroatoms. The lowest BCUT2D eigenvalue weighted by Crippen LogP contribution is -2.46. The normalized spacial score (nSPS) is 13.9. The molecule has 0 unspecified atom stereocenters. The largest absolute Gasteiger partial charge is 0.395 e. The summed E-state index contributed by atoms with van der Waals surface area (Å²) in [6.45, 7) is 5.06. The van der Waals surface area contributed by atoms with Crippen molar-refractivity contribution in [3.05, 3.63) is 148 Å². The summed E-state index contributed by atoms with van der Waals surface area (Å²) in [6, 6.07) is 35.8. The molecule has 1 heterocycles. The van der Waals surface area contributed by atoms with Gasteiger partial charge < -0.3 is 20.4 Å². The highest BCUT2D eigenvalue weighted by atomic mass is 35.5. The second-order valence-electron chi connectivity index (χ2n) is 14.4. The fraction of sp³-hybridized carbons (Fsp3) is 0.295. The molecular formula is C44H49ClN6O7S2. The molecule has 1 aliphatic rings. The van der Waals surface area contributed by atoms with Crippen molar-refractivity contribution in [2.75, 3.05) is 75.0 Å². The molecule has 1 saturated heterocycles. The Morgan fingerprint density at radius 2 is 1.52 bits per heavy atom. The summed E-state index contributed by atoms with van der Waals surface area (Å²) >= 11 is 7.68. The maximum Gasteiger partial charge on any atom is 0.293 e. The average molecular weight is 873 g/mol. The van der Waals surface area contributed by atoms with Gasteiger partial charge in [-0.3, -0.25) is 24.7 Å². The minimum Gasteiger partial charge on any atom is -0.395 e. The number of piperazine rings is 1. The molecule has 5 aromatic rings. The Hall–Kier alpha value is -5.00. The number of sulfonamides is 1. The predicted molar refractivity (Wildman–Crippen MR) is 238 cm³/mol. The van der Waals surface area contributed by atoms with Crippen molar-refractivity contribution in [3.8, 4) is 11.1 Å². The van der Waals surface area contributed by atoms with E-state index >= 15 is 0 Å². The zero-order valence-electron chi connectivity index (χ0n) is 33.0. The number of thioether (sulfide) groups is 1. The Bertz CT molecular complexity index is 2290. The highest BCUT2D eigenvalue weighted by Gasteiger charge is 2.26. The fourth-order valence-corrected chi connectivity index (χ4v) is 9.19. The minimum absolute atomic E-state index is 0.0813. The molecule has 1 aliphatic heterocycles. The molecule has 13 nitrogen and oxygen atoms in total. The lowest BCUT2D eigenvalue weighted by molar-refractivity contribution is -0.384. The average Bonchev–Trinajstić information content (AvgIpc) is 3.25. The second-order valence-corrected chi connectivity index (χ2v) is 17.6. The molecular weight excluding hydrogens is 824 g/mol. The second kappa shape index (κ2) is 21.5. The first-order valence-corrected chi connectivity index (χ1v) is 22.5. The van der Waals surface area contributed by atoms with E-state index in [9.17, 15) is 33.5 Å². The van der Waals surface area contributed by atoms with Crippen molar-refractivity contribution in [1.29, 1.82) is 0 Å². The molecule has 0 spiro atoms. The molecule has 0 radical (unpaired) electrons. The van der Waals surface area contributed by atoms with Crippen molar-refractivity contribution < 1.29 is 28.3 Å². The van der Waals surface area contributed by atoms with Gasteiger partial charge in [0.25, 0.3) is 21.6 Å². The number of nitrogens with one attached hydrogen (secondary N) is 2. The van der Waals surface area contributed by atoms with Crippen LogP contribution in [0.4, 0.5) is 17.1 Å². The summed E-state index contributed by atoms with van der Waals surface area (Å²) in [4.78, 5) is 32.0. The number of aliphatic hydroxyl groups excluding tert-OH is 2. The van der Waals surface area contributed by atoms with Gasteiger partial charge in [-0.2, -0.15) is 0 Å². The molecule has 0 bridgehead atoms. The molecule has 1 atom stereocenters. The van der Waals surface area contributed by atoms with Gasteiger partial charge in [0, 0.05) is 91.4 Å². The van der Waals surface area contributed by atoms with E-state index in [0.29, 0.717) is 36.8 Å². The number of benzene rings is 5. The number of hydrogen-bond donors (Lipinski definition) is 4. The molecule has 1 fully saturated rings. The van der Waals surface area contributed by atoms with Crippen LogP contribution in [-0.2, 0) is 16.6 Å². The molecule has 0 aliphatic carbocycles. The number of aliphatic hydroxyl groups is 2. The van der Waals surface area contributed by atoms with Crippen molar-refractivity contribution >= 4 is 56.4 Å². The van der Waals surface area contributed by atoms with E-state index in [-0.39, 0.29) is 30.5 Å². The van der Waals surface area contributed by atoms with Crippen molar-refractivity contribution in [1.82, 2.24) is 14.5 Å². The first-order valence-electron chi connectivity index (χ1n) is 19.7. The summed E-state index contributed by atoms with van der Waals surface area (Å²) < 4.78 is 28.9. The highest BCUT2D eigenvalue weighted by Crippen LogP contribution is 2.31. The first kappa shape index (κ1) is 44.5. The zero-order valence-corrected chi connectivity index (χ0v) is 35.4. The quantitative estimate of drug-likeness (QED) is 0.0376. The summed E-state index contributed by atoms with van der Waals surface area (Å²) in [7, 11) is -4.49. The number of halogens is 1. The van der Waals surface area contributed by atoms with E-state index in [1.807, 2.05) is 65.6 Å². The third kappa shape index (κ3) is 12.3. The molecule has 5 aromatic carbocycles. The number of nitro groups is 1. The monoisotopic (exact) mass is 872 g/mol. The highest BCUT2D eigenvalue weighted by molar-refractivity contribution is 7.99. The number of anilines is 2. The topological polar surface area (TPSA) is 169 Å². The number of hydrogen-bond acceptors (Lipinski definition) is 12. The van der Waals surface area contributed by atoms with Gasteiger partial charge >= 0.3 is 0 Å². The summed E-state index contributed by atoms with van der Waals surface area (Å²) in [5.74, 6) is -0.331. The van der Waals surface area contributed by atoms with Crippen LogP contribution in [0.15, 0.2) is 131 Å². The van der Waals surface area contributed by atoms with Gasteiger partial charge in [-0.25, -0.2) is 13.1 Å². The van der Waals surface area contributed by atoms with Crippen LogP contribution >= 0.6 is 23.4 Å². The first-order chi connectivity index (χ1) is 29.0. The molecule has 60 heavy (non-hydrogen) atoms. The lowest BCUT2D eigenvalue weighted by atomic mass is 9.99. The van der Waals surface area contributed by atoms with Gasteiger partial charge in [0.05, 0.1) is 23.0 Å². The van der Waals surface area contributed by atoms with Crippen LogP contribution in [0, 0.1) is 10.1 Å². The van der Waals surface area contributed by atoms with E-state index < -0.39 is 31.4 Å². The Labute approximate surface area is 360 Å². The molecule has 6 rings (SSSR count). The molecule has 0 aromatic heterocycles. The van der Waals surface area contributed by atoms with E-state index in [2.05, 4.69) is 38.0 Å². The van der Waals surface area contributed by atoms with Crippen LogP contribution in [0.25, 0.3) is 11.1 Å². The maximum atomic E-state index is 13.4. The van der Waals surface area contributed by atoms with E-state index in [1.165, 1.54) is 23.3 Å². The summed E-state index contributed by atoms with van der Waals surface area (Å²) in [6.07, 6.45) is 0.517.